The fourth-order valence-corrected chi connectivity index (χ4v) is 2.34. The Labute approximate surface area is 99.4 Å². The summed E-state index contributed by atoms with van der Waals surface area (Å²) in [4.78, 5) is 12.0. The maximum atomic E-state index is 12.0. The lowest BCUT2D eigenvalue weighted by Crippen LogP contribution is -2.55. The predicted octanol–water partition coefficient (Wildman–Crippen LogP) is 2.07. The van der Waals surface area contributed by atoms with E-state index in [0.717, 1.165) is 13.1 Å². The summed E-state index contributed by atoms with van der Waals surface area (Å²) < 4.78 is 0. The lowest BCUT2D eigenvalue weighted by Gasteiger charge is -2.42. The summed E-state index contributed by atoms with van der Waals surface area (Å²) in [5.74, 6) is 0.120. The second-order valence-electron chi connectivity index (χ2n) is 5.55. The van der Waals surface area contributed by atoms with Crippen molar-refractivity contribution in [2.24, 2.45) is 5.41 Å². The minimum Gasteiger partial charge on any atom is -0.354 e. The summed E-state index contributed by atoms with van der Waals surface area (Å²) in [6, 6.07) is 0. The van der Waals surface area contributed by atoms with E-state index in [1.807, 2.05) is 20.8 Å². The van der Waals surface area contributed by atoms with Crippen molar-refractivity contribution >= 4 is 5.91 Å². The Morgan fingerprint density at radius 3 is 2.31 bits per heavy atom. The van der Waals surface area contributed by atoms with E-state index >= 15 is 0 Å². The molecule has 3 nitrogen and oxygen atoms in total. The highest BCUT2D eigenvalue weighted by Gasteiger charge is 2.36. The van der Waals surface area contributed by atoms with Crippen LogP contribution < -0.4 is 10.6 Å². The zero-order chi connectivity index (χ0) is 12.2. The average Bonchev–Trinajstić information content (AvgIpc) is 2.16. The molecule has 0 aliphatic heterocycles. The van der Waals surface area contributed by atoms with Crippen molar-refractivity contribution in [1.29, 1.82) is 0 Å². The Balaban J connectivity index is 2.40. The summed E-state index contributed by atoms with van der Waals surface area (Å²) >= 11 is 0. The molecule has 0 spiro atoms. The highest BCUT2D eigenvalue weighted by atomic mass is 16.2. The standard InChI is InChI=1S/C13H26N2O/c1-5-13(8-7-9-13)10-14-11(16)12(3,4)15-6-2/h15H,5-10H2,1-4H3,(H,14,16). The van der Waals surface area contributed by atoms with Gasteiger partial charge in [0.2, 0.25) is 5.91 Å². The average molecular weight is 226 g/mol. The van der Waals surface area contributed by atoms with Crippen LogP contribution in [0.3, 0.4) is 0 Å². The number of carbonyl (C=O) groups is 1. The molecule has 94 valence electrons. The van der Waals surface area contributed by atoms with Crippen molar-refractivity contribution in [3.63, 3.8) is 0 Å². The van der Waals surface area contributed by atoms with Crippen molar-refractivity contribution in [1.82, 2.24) is 10.6 Å². The van der Waals surface area contributed by atoms with E-state index in [1.165, 1.54) is 25.7 Å². The quantitative estimate of drug-likeness (QED) is 0.728. The summed E-state index contributed by atoms with van der Waals surface area (Å²) in [6.45, 7) is 9.78. The molecule has 0 aromatic carbocycles. The molecule has 1 aliphatic carbocycles. The first-order valence-electron chi connectivity index (χ1n) is 6.49. The molecule has 0 aromatic heterocycles. The van der Waals surface area contributed by atoms with Gasteiger partial charge in [-0.05, 0) is 45.1 Å². The molecule has 1 amide bonds. The van der Waals surface area contributed by atoms with E-state index in [1.54, 1.807) is 0 Å². The lowest BCUT2D eigenvalue weighted by atomic mass is 9.67. The van der Waals surface area contributed by atoms with Gasteiger partial charge in [-0.3, -0.25) is 4.79 Å². The monoisotopic (exact) mass is 226 g/mol. The number of likely N-dealkylation sites (N-methyl/N-ethyl adjacent to an activating group) is 1. The molecule has 0 radical (unpaired) electrons. The van der Waals surface area contributed by atoms with Crippen LogP contribution in [0, 0.1) is 5.41 Å². The van der Waals surface area contributed by atoms with Gasteiger partial charge in [0.25, 0.3) is 0 Å². The van der Waals surface area contributed by atoms with Crippen molar-refractivity contribution in [2.45, 2.75) is 58.9 Å². The van der Waals surface area contributed by atoms with Crippen molar-refractivity contribution in [3.8, 4) is 0 Å². The first kappa shape index (κ1) is 13.5. The summed E-state index contributed by atoms with van der Waals surface area (Å²) in [6.07, 6.45) is 5.03. The molecular formula is C13H26N2O. The maximum Gasteiger partial charge on any atom is 0.239 e. The van der Waals surface area contributed by atoms with Crippen molar-refractivity contribution < 1.29 is 4.79 Å². The van der Waals surface area contributed by atoms with Gasteiger partial charge in [0.15, 0.2) is 0 Å². The zero-order valence-corrected chi connectivity index (χ0v) is 11.2. The van der Waals surface area contributed by atoms with Gasteiger partial charge in [-0.25, -0.2) is 0 Å². The largest absolute Gasteiger partial charge is 0.354 e. The first-order chi connectivity index (χ1) is 7.46. The van der Waals surface area contributed by atoms with Crippen LogP contribution in [0.15, 0.2) is 0 Å². The molecule has 1 fully saturated rings. The molecule has 0 unspecified atom stereocenters. The molecule has 16 heavy (non-hydrogen) atoms. The number of amides is 1. The predicted molar refractivity (Wildman–Crippen MR) is 67.3 cm³/mol. The highest BCUT2D eigenvalue weighted by Crippen LogP contribution is 2.43. The van der Waals surface area contributed by atoms with E-state index in [-0.39, 0.29) is 5.91 Å². The molecule has 1 rings (SSSR count). The SMILES string of the molecule is CCNC(C)(C)C(=O)NCC1(CC)CCC1. The maximum absolute atomic E-state index is 12.0. The van der Waals surface area contributed by atoms with Gasteiger partial charge in [0.05, 0.1) is 5.54 Å². The summed E-state index contributed by atoms with van der Waals surface area (Å²) in [7, 11) is 0. The summed E-state index contributed by atoms with van der Waals surface area (Å²) in [5.41, 5.74) is -0.0502. The lowest BCUT2D eigenvalue weighted by molar-refractivity contribution is -0.127. The molecule has 3 heteroatoms. The number of rotatable bonds is 6. The molecule has 0 aromatic rings. The van der Waals surface area contributed by atoms with E-state index in [2.05, 4.69) is 17.6 Å². The first-order valence-corrected chi connectivity index (χ1v) is 6.49. The van der Waals surface area contributed by atoms with Gasteiger partial charge in [0.1, 0.15) is 0 Å². The Kier molecular flexibility index (Phi) is 4.36. The molecule has 1 aliphatic rings. The molecule has 0 saturated heterocycles. The molecule has 0 bridgehead atoms. The fourth-order valence-electron chi connectivity index (χ4n) is 2.34. The van der Waals surface area contributed by atoms with Crippen LogP contribution in [0.2, 0.25) is 0 Å². The second-order valence-corrected chi connectivity index (χ2v) is 5.55. The van der Waals surface area contributed by atoms with E-state index in [0.29, 0.717) is 5.41 Å². The zero-order valence-electron chi connectivity index (χ0n) is 11.2. The molecule has 2 N–H and O–H groups in total. The Hall–Kier alpha value is -0.570. The third-order valence-corrected chi connectivity index (χ3v) is 3.97. The van der Waals surface area contributed by atoms with Crippen LogP contribution in [0.4, 0.5) is 0 Å². The Bertz CT molecular complexity index is 239. The smallest absolute Gasteiger partial charge is 0.239 e. The van der Waals surface area contributed by atoms with Gasteiger partial charge < -0.3 is 10.6 Å². The number of hydrogen-bond acceptors (Lipinski definition) is 2. The minimum absolute atomic E-state index is 0.120. The van der Waals surface area contributed by atoms with Crippen LogP contribution in [-0.2, 0) is 4.79 Å². The van der Waals surface area contributed by atoms with Gasteiger partial charge in [0, 0.05) is 6.54 Å². The molecular weight excluding hydrogens is 200 g/mol. The topological polar surface area (TPSA) is 41.1 Å². The van der Waals surface area contributed by atoms with Crippen LogP contribution in [0.25, 0.3) is 0 Å². The van der Waals surface area contributed by atoms with Gasteiger partial charge >= 0.3 is 0 Å². The van der Waals surface area contributed by atoms with Crippen LogP contribution in [0.1, 0.15) is 53.4 Å². The van der Waals surface area contributed by atoms with Crippen LogP contribution in [0.5, 0.6) is 0 Å². The minimum atomic E-state index is -0.451. The Morgan fingerprint density at radius 1 is 1.31 bits per heavy atom. The second kappa shape index (κ2) is 5.17. The van der Waals surface area contributed by atoms with Crippen LogP contribution in [-0.4, -0.2) is 24.5 Å². The molecule has 1 saturated carbocycles. The fraction of sp³-hybridized carbons (Fsp3) is 0.923. The van der Waals surface area contributed by atoms with Gasteiger partial charge in [-0.2, -0.15) is 0 Å². The van der Waals surface area contributed by atoms with Gasteiger partial charge in [-0.1, -0.05) is 20.3 Å². The third kappa shape index (κ3) is 2.97. The molecule has 0 atom stereocenters. The van der Waals surface area contributed by atoms with E-state index in [4.69, 9.17) is 0 Å². The third-order valence-electron chi connectivity index (χ3n) is 3.97. The normalized spacial score (nSPS) is 19.0. The van der Waals surface area contributed by atoms with E-state index in [9.17, 15) is 4.79 Å². The van der Waals surface area contributed by atoms with Crippen molar-refractivity contribution in [2.75, 3.05) is 13.1 Å². The number of nitrogens with one attached hydrogen (secondary N) is 2. The molecule has 0 heterocycles. The number of carbonyl (C=O) groups excluding carboxylic acids is 1. The Morgan fingerprint density at radius 2 is 1.94 bits per heavy atom. The van der Waals surface area contributed by atoms with Crippen molar-refractivity contribution in [3.05, 3.63) is 0 Å². The van der Waals surface area contributed by atoms with Crippen LogP contribution >= 0.6 is 0 Å². The van der Waals surface area contributed by atoms with Gasteiger partial charge in [-0.15, -0.1) is 0 Å². The highest BCUT2D eigenvalue weighted by molar-refractivity contribution is 5.85. The summed E-state index contributed by atoms with van der Waals surface area (Å²) in [5, 5.41) is 6.30. The van der Waals surface area contributed by atoms with E-state index < -0.39 is 5.54 Å². The number of hydrogen-bond donors (Lipinski definition) is 2.